The van der Waals surface area contributed by atoms with Gasteiger partial charge in [-0.3, -0.25) is 9.59 Å². The molecule has 0 radical (unpaired) electrons. The van der Waals surface area contributed by atoms with E-state index in [0.717, 1.165) is 6.42 Å². The lowest BCUT2D eigenvalue weighted by Crippen LogP contribution is -2.28. The number of hydrogen-bond acceptors (Lipinski definition) is 3. The number of carbonyl (C=O) groups excluding carboxylic acids is 1. The van der Waals surface area contributed by atoms with E-state index in [2.05, 4.69) is 5.32 Å². The van der Waals surface area contributed by atoms with E-state index in [1.165, 1.54) is 6.26 Å². The zero-order chi connectivity index (χ0) is 10.4. The Labute approximate surface area is 81.7 Å². The number of nitrogens with one attached hydrogen (secondary N) is 1. The lowest BCUT2D eigenvalue weighted by atomic mass is 10.1. The maximum absolute atomic E-state index is 11.3. The fraction of sp³-hybridized carbons (Fsp3) is 0.556. The highest BCUT2D eigenvalue weighted by atomic mass is 16.5. The predicted octanol–water partition coefficient (Wildman–Crippen LogP) is 0.272. The second-order valence-electron chi connectivity index (χ2n) is 3.02. The third kappa shape index (κ3) is 3.47. The van der Waals surface area contributed by atoms with Gasteiger partial charge in [-0.25, -0.2) is 0 Å². The van der Waals surface area contributed by atoms with Crippen molar-refractivity contribution in [2.75, 3.05) is 13.2 Å². The summed E-state index contributed by atoms with van der Waals surface area (Å²) in [6.45, 7) is 0.803. The molecule has 5 nitrogen and oxygen atoms in total. The zero-order valence-electron chi connectivity index (χ0n) is 7.78. The lowest BCUT2D eigenvalue weighted by Gasteiger charge is -2.12. The molecular weight excluding hydrogens is 186 g/mol. The van der Waals surface area contributed by atoms with Crippen LogP contribution in [-0.2, 0) is 14.3 Å². The van der Waals surface area contributed by atoms with E-state index in [9.17, 15) is 9.59 Å². The molecule has 0 saturated heterocycles. The molecule has 14 heavy (non-hydrogen) atoms. The maximum atomic E-state index is 11.3. The molecule has 0 spiro atoms. The third-order valence-corrected chi connectivity index (χ3v) is 1.85. The highest BCUT2D eigenvalue weighted by Gasteiger charge is 2.12. The summed E-state index contributed by atoms with van der Waals surface area (Å²) in [5, 5.41) is 10.9. The minimum absolute atomic E-state index is 0.0557. The van der Waals surface area contributed by atoms with Crippen LogP contribution in [0.15, 0.2) is 11.8 Å². The number of amides is 1. The molecule has 5 heteroatoms. The molecule has 0 fully saturated rings. The highest BCUT2D eigenvalue weighted by Crippen LogP contribution is 2.11. The molecule has 1 amide bonds. The van der Waals surface area contributed by atoms with Gasteiger partial charge in [0, 0.05) is 6.54 Å². The summed E-state index contributed by atoms with van der Waals surface area (Å²) in [5.41, 5.74) is 0.585. The van der Waals surface area contributed by atoms with Crippen LogP contribution in [0.2, 0.25) is 0 Å². The Balaban J connectivity index is 2.27. The summed E-state index contributed by atoms with van der Waals surface area (Å²) < 4.78 is 4.99. The van der Waals surface area contributed by atoms with E-state index in [1.54, 1.807) is 0 Å². The highest BCUT2D eigenvalue weighted by molar-refractivity contribution is 5.93. The van der Waals surface area contributed by atoms with Gasteiger partial charge in [-0.05, 0) is 12.8 Å². The molecule has 2 N–H and O–H groups in total. The van der Waals surface area contributed by atoms with Crippen LogP contribution in [0.4, 0.5) is 0 Å². The predicted molar refractivity (Wildman–Crippen MR) is 48.5 cm³/mol. The summed E-state index contributed by atoms with van der Waals surface area (Å²) in [4.78, 5) is 21.5. The molecule has 0 aromatic heterocycles. The molecule has 1 rings (SSSR count). The minimum atomic E-state index is -0.917. The van der Waals surface area contributed by atoms with Crippen LogP contribution in [0.5, 0.6) is 0 Å². The number of rotatable bonds is 4. The van der Waals surface area contributed by atoms with Gasteiger partial charge in [0.1, 0.15) is 0 Å². The number of carboxylic acid groups (broad SMARTS) is 1. The van der Waals surface area contributed by atoms with E-state index in [-0.39, 0.29) is 18.9 Å². The van der Waals surface area contributed by atoms with Gasteiger partial charge < -0.3 is 15.2 Å². The van der Waals surface area contributed by atoms with Crippen LogP contribution < -0.4 is 5.32 Å². The first-order chi connectivity index (χ1) is 6.70. The summed E-state index contributed by atoms with van der Waals surface area (Å²) in [7, 11) is 0. The molecule has 0 saturated carbocycles. The van der Waals surface area contributed by atoms with Crippen LogP contribution in [0.1, 0.15) is 19.3 Å². The van der Waals surface area contributed by atoms with Crippen molar-refractivity contribution in [2.24, 2.45) is 0 Å². The van der Waals surface area contributed by atoms with Crippen molar-refractivity contribution in [3.8, 4) is 0 Å². The average molecular weight is 199 g/mol. The van der Waals surface area contributed by atoms with Crippen LogP contribution in [0.3, 0.4) is 0 Å². The van der Waals surface area contributed by atoms with Gasteiger partial charge in [0.2, 0.25) is 5.91 Å². The molecule has 0 bridgehead atoms. The first kappa shape index (κ1) is 10.6. The maximum Gasteiger partial charge on any atom is 0.305 e. The van der Waals surface area contributed by atoms with E-state index in [1.807, 2.05) is 0 Å². The normalized spacial score (nSPS) is 15.3. The van der Waals surface area contributed by atoms with Gasteiger partial charge in [-0.1, -0.05) is 0 Å². The van der Waals surface area contributed by atoms with Gasteiger partial charge in [-0.15, -0.1) is 0 Å². The topological polar surface area (TPSA) is 75.6 Å². The Kier molecular flexibility index (Phi) is 3.97. The van der Waals surface area contributed by atoms with Gasteiger partial charge in [0.15, 0.2) is 0 Å². The molecule has 1 aliphatic heterocycles. The summed E-state index contributed by atoms with van der Waals surface area (Å²) in [6, 6.07) is 0. The van der Waals surface area contributed by atoms with Crippen LogP contribution in [0, 0.1) is 0 Å². The summed E-state index contributed by atoms with van der Waals surface area (Å²) in [6.07, 6.45) is 2.91. The Morgan fingerprint density at radius 1 is 1.57 bits per heavy atom. The number of aliphatic carboxylic acids is 1. The van der Waals surface area contributed by atoms with Gasteiger partial charge in [0.25, 0.3) is 0 Å². The Hall–Kier alpha value is -1.52. The molecule has 78 valence electrons. The minimum Gasteiger partial charge on any atom is -0.501 e. The van der Waals surface area contributed by atoms with Crippen LogP contribution in [0.25, 0.3) is 0 Å². The van der Waals surface area contributed by atoms with Gasteiger partial charge in [0.05, 0.1) is 24.9 Å². The number of ether oxygens (including phenoxy) is 1. The quantitative estimate of drug-likeness (QED) is 0.681. The standard InChI is InChI=1S/C9H13NO4/c11-8(12)3-4-10-9(13)7-2-1-5-14-6-7/h6H,1-5H2,(H,10,13)(H,11,12). The fourth-order valence-corrected chi connectivity index (χ4v) is 1.13. The first-order valence-electron chi connectivity index (χ1n) is 4.51. The number of hydrogen-bond donors (Lipinski definition) is 2. The van der Waals surface area contributed by atoms with Crippen molar-refractivity contribution in [1.29, 1.82) is 0 Å². The fourth-order valence-electron chi connectivity index (χ4n) is 1.13. The van der Waals surface area contributed by atoms with E-state index >= 15 is 0 Å². The molecule has 0 aromatic rings. The third-order valence-electron chi connectivity index (χ3n) is 1.85. The Morgan fingerprint density at radius 3 is 2.93 bits per heavy atom. The van der Waals surface area contributed by atoms with Crippen molar-refractivity contribution in [1.82, 2.24) is 5.32 Å². The second-order valence-corrected chi connectivity index (χ2v) is 3.02. The average Bonchev–Trinajstić information content (AvgIpc) is 2.18. The Morgan fingerprint density at radius 2 is 2.36 bits per heavy atom. The van der Waals surface area contributed by atoms with E-state index in [4.69, 9.17) is 9.84 Å². The van der Waals surface area contributed by atoms with Crippen molar-refractivity contribution >= 4 is 11.9 Å². The van der Waals surface area contributed by atoms with Crippen molar-refractivity contribution in [3.05, 3.63) is 11.8 Å². The zero-order valence-corrected chi connectivity index (χ0v) is 7.78. The molecule has 0 aliphatic carbocycles. The smallest absolute Gasteiger partial charge is 0.305 e. The van der Waals surface area contributed by atoms with Gasteiger partial charge >= 0.3 is 5.97 Å². The van der Waals surface area contributed by atoms with Crippen LogP contribution >= 0.6 is 0 Å². The largest absolute Gasteiger partial charge is 0.501 e. The lowest BCUT2D eigenvalue weighted by molar-refractivity contribution is -0.136. The first-order valence-corrected chi connectivity index (χ1v) is 4.51. The van der Waals surface area contributed by atoms with Crippen molar-refractivity contribution in [2.45, 2.75) is 19.3 Å². The molecule has 1 heterocycles. The molecule has 0 aromatic carbocycles. The summed E-state index contributed by atoms with van der Waals surface area (Å²) >= 11 is 0. The molecule has 0 unspecified atom stereocenters. The molecule has 0 atom stereocenters. The second kappa shape index (κ2) is 5.26. The van der Waals surface area contributed by atoms with Gasteiger partial charge in [-0.2, -0.15) is 0 Å². The SMILES string of the molecule is O=C(O)CCNC(=O)C1=COCCC1. The number of carbonyl (C=O) groups is 2. The van der Waals surface area contributed by atoms with E-state index in [0.29, 0.717) is 18.6 Å². The van der Waals surface area contributed by atoms with Crippen LogP contribution in [-0.4, -0.2) is 30.1 Å². The monoisotopic (exact) mass is 199 g/mol. The number of carboxylic acids is 1. The molecule has 1 aliphatic rings. The van der Waals surface area contributed by atoms with Crippen molar-refractivity contribution < 1.29 is 19.4 Å². The summed E-state index contributed by atoms with van der Waals surface area (Å²) in [5.74, 6) is -1.15. The molecular formula is C9H13NO4. The van der Waals surface area contributed by atoms with E-state index < -0.39 is 5.97 Å². The van der Waals surface area contributed by atoms with Crippen molar-refractivity contribution in [3.63, 3.8) is 0 Å². The Bertz CT molecular complexity index is 260.